The molecule has 2 heterocycles. The van der Waals surface area contributed by atoms with Crippen LogP contribution in [0.3, 0.4) is 0 Å². The molecular formula is C17H23ClN4O. The number of piperidine rings is 1. The van der Waals surface area contributed by atoms with Crippen molar-refractivity contribution in [2.24, 2.45) is 0 Å². The third kappa shape index (κ3) is 4.33. The molecule has 0 aliphatic carbocycles. The fourth-order valence-electron chi connectivity index (χ4n) is 2.82. The fraction of sp³-hybridized carbons (Fsp3) is 0.412. The van der Waals surface area contributed by atoms with Crippen molar-refractivity contribution in [3.8, 4) is 0 Å². The number of amides is 1. The Kier molecular flexibility index (Phi) is 6.19. The van der Waals surface area contributed by atoms with Crippen molar-refractivity contribution in [2.45, 2.75) is 31.8 Å². The third-order valence-electron chi connectivity index (χ3n) is 4.13. The number of rotatable bonds is 4. The highest BCUT2D eigenvalue weighted by Gasteiger charge is 2.18. The maximum Gasteiger partial charge on any atom is 0.272 e. The molecule has 0 radical (unpaired) electrons. The molecule has 1 amide bonds. The summed E-state index contributed by atoms with van der Waals surface area (Å²) in [5.41, 5.74) is 1.57. The van der Waals surface area contributed by atoms with Crippen LogP contribution in [-0.2, 0) is 0 Å². The minimum absolute atomic E-state index is 0. The van der Waals surface area contributed by atoms with Crippen molar-refractivity contribution >= 4 is 18.3 Å². The predicted molar refractivity (Wildman–Crippen MR) is 92.9 cm³/mol. The molecule has 2 unspecified atom stereocenters. The standard InChI is InChI=1S/C17H22N4O.ClH/c1-13(14-6-3-2-4-7-14)19-17(22)16-9-11-21(20-16)15-8-5-10-18-12-15;/h2-4,6-7,9,11,13,15,18H,5,8,10,12H2,1H3,(H,19,22);1H. The second-order valence-corrected chi connectivity index (χ2v) is 5.79. The molecule has 23 heavy (non-hydrogen) atoms. The molecule has 1 aliphatic heterocycles. The van der Waals surface area contributed by atoms with E-state index < -0.39 is 0 Å². The van der Waals surface area contributed by atoms with E-state index >= 15 is 0 Å². The van der Waals surface area contributed by atoms with Crippen LogP contribution in [0.4, 0.5) is 0 Å². The maximum absolute atomic E-state index is 12.3. The van der Waals surface area contributed by atoms with Gasteiger partial charge in [-0.3, -0.25) is 9.48 Å². The third-order valence-corrected chi connectivity index (χ3v) is 4.13. The quantitative estimate of drug-likeness (QED) is 0.903. The summed E-state index contributed by atoms with van der Waals surface area (Å²) in [7, 11) is 0. The van der Waals surface area contributed by atoms with E-state index in [0.29, 0.717) is 11.7 Å². The monoisotopic (exact) mass is 334 g/mol. The number of nitrogens with one attached hydrogen (secondary N) is 2. The van der Waals surface area contributed by atoms with E-state index in [2.05, 4.69) is 15.7 Å². The van der Waals surface area contributed by atoms with E-state index in [-0.39, 0.29) is 24.4 Å². The highest BCUT2D eigenvalue weighted by molar-refractivity contribution is 5.92. The summed E-state index contributed by atoms with van der Waals surface area (Å²) < 4.78 is 1.91. The van der Waals surface area contributed by atoms with Gasteiger partial charge >= 0.3 is 0 Å². The van der Waals surface area contributed by atoms with Crippen LogP contribution in [0, 0.1) is 0 Å². The largest absolute Gasteiger partial charge is 0.344 e. The van der Waals surface area contributed by atoms with E-state index in [1.807, 2.05) is 48.1 Å². The van der Waals surface area contributed by atoms with Gasteiger partial charge in [0.15, 0.2) is 0 Å². The first-order chi connectivity index (χ1) is 10.7. The van der Waals surface area contributed by atoms with E-state index in [0.717, 1.165) is 31.5 Å². The fourth-order valence-corrected chi connectivity index (χ4v) is 2.82. The summed E-state index contributed by atoms with van der Waals surface area (Å²) in [5, 5.41) is 10.8. The zero-order valence-corrected chi connectivity index (χ0v) is 14.1. The normalized spacial score (nSPS) is 18.7. The van der Waals surface area contributed by atoms with Gasteiger partial charge in [-0.25, -0.2) is 0 Å². The van der Waals surface area contributed by atoms with Gasteiger partial charge in [-0.1, -0.05) is 30.3 Å². The summed E-state index contributed by atoms with van der Waals surface area (Å²) in [6.45, 7) is 3.97. The van der Waals surface area contributed by atoms with E-state index in [4.69, 9.17) is 0 Å². The van der Waals surface area contributed by atoms with Crippen LogP contribution in [0.2, 0.25) is 0 Å². The maximum atomic E-state index is 12.3. The summed E-state index contributed by atoms with van der Waals surface area (Å²) >= 11 is 0. The summed E-state index contributed by atoms with van der Waals surface area (Å²) in [5.74, 6) is -0.126. The van der Waals surface area contributed by atoms with Gasteiger partial charge in [-0.2, -0.15) is 5.10 Å². The number of nitrogens with zero attached hydrogens (tertiary/aromatic N) is 2. The Morgan fingerprint density at radius 1 is 1.35 bits per heavy atom. The Balaban J connectivity index is 0.00000192. The number of aromatic nitrogens is 2. The predicted octanol–water partition coefficient (Wildman–Crippen LogP) is 2.72. The molecule has 1 aromatic carbocycles. The molecule has 0 saturated carbocycles. The SMILES string of the molecule is CC(NC(=O)c1ccn(C2CCCNC2)n1)c1ccccc1.Cl. The summed E-state index contributed by atoms with van der Waals surface area (Å²) in [6.07, 6.45) is 4.16. The van der Waals surface area contributed by atoms with Crippen LogP contribution in [-0.4, -0.2) is 28.8 Å². The number of hydrogen-bond acceptors (Lipinski definition) is 3. The van der Waals surface area contributed by atoms with Crippen LogP contribution in [0.25, 0.3) is 0 Å². The lowest BCUT2D eigenvalue weighted by Crippen LogP contribution is -2.32. The molecule has 3 rings (SSSR count). The van der Waals surface area contributed by atoms with Crippen molar-refractivity contribution in [1.29, 1.82) is 0 Å². The molecule has 2 atom stereocenters. The Morgan fingerprint density at radius 2 is 2.13 bits per heavy atom. The van der Waals surface area contributed by atoms with Gasteiger partial charge in [0.2, 0.25) is 0 Å². The zero-order chi connectivity index (χ0) is 15.4. The lowest BCUT2D eigenvalue weighted by molar-refractivity contribution is 0.0933. The van der Waals surface area contributed by atoms with Crippen molar-refractivity contribution in [3.63, 3.8) is 0 Å². The van der Waals surface area contributed by atoms with Gasteiger partial charge in [-0.05, 0) is 37.9 Å². The number of halogens is 1. The van der Waals surface area contributed by atoms with Crippen molar-refractivity contribution < 1.29 is 4.79 Å². The van der Waals surface area contributed by atoms with Crippen molar-refractivity contribution in [1.82, 2.24) is 20.4 Å². The molecular weight excluding hydrogens is 312 g/mol. The molecule has 1 saturated heterocycles. The first-order valence-corrected chi connectivity index (χ1v) is 7.86. The van der Waals surface area contributed by atoms with Crippen molar-refractivity contribution in [3.05, 3.63) is 53.9 Å². The summed E-state index contributed by atoms with van der Waals surface area (Å²) in [6, 6.07) is 12.1. The Bertz CT molecular complexity index is 623. The van der Waals surface area contributed by atoms with Gasteiger partial charge in [0, 0.05) is 12.7 Å². The van der Waals surface area contributed by atoms with Crippen molar-refractivity contribution in [2.75, 3.05) is 13.1 Å². The highest BCUT2D eigenvalue weighted by atomic mass is 35.5. The lowest BCUT2D eigenvalue weighted by atomic mass is 10.1. The van der Waals surface area contributed by atoms with E-state index in [1.165, 1.54) is 0 Å². The molecule has 0 spiro atoms. The lowest BCUT2D eigenvalue weighted by Gasteiger charge is -2.22. The molecule has 1 aliphatic rings. The molecule has 1 fully saturated rings. The van der Waals surface area contributed by atoms with Gasteiger partial charge < -0.3 is 10.6 Å². The van der Waals surface area contributed by atoms with Gasteiger partial charge in [0.25, 0.3) is 5.91 Å². The van der Waals surface area contributed by atoms with Crippen LogP contribution >= 0.6 is 12.4 Å². The van der Waals surface area contributed by atoms with Crippen LogP contribution < -0.4 is 10.6 Å². The Hall–Kier alpha value is -1.85. The first kappa shape index (κ1) is 17.5. The van der Waals surface area contributed by atoms with E-state index in [1.54, 1.807) is 6.07 Å². The average molecular weight is 335 g/mol. The highest BCUT2D eigenvalue weighted by Crippen LogP contribution is 2.16. The van der Waals surface area contributed by atoms with Gasteiger partial charge in [0.1, 0.15) is 5.69 Å². The smallest absolute Gasteiger partial charge is 0.272 e. The number of benzene rings is 1. The Labute approximate surface area is 142 Å². The summed E-state index contributed by atoms with van der Waals surface area (Å²) in [4.78, 5) is 12.3. The second kappa shape index (κ2) is 8.13. The molecule has 124 valence electrons. The molecule has 0 bridgehead atoms. The minimum Gasteiger partial charge on any atom is -0.344 e. The number of hydrogen-bond donors (Lipinski definition) is 2. The van der Waals surface area contributed by atoms with Gasteiger partial charge in [-0.15, -0.1) is 12.4 Å². The molecule has 5 nitrogen and oxygen atoms in total. The van der Waals surface area contributed by atoms with Crippen LogP contribution in [0.5, 0.6) is 0 Å². The first-order valence-electron chi connectivity index (χ1n) is 7.86. The second-order valence-electron chi connectivity index (χ2n) is 5.79. The molecule has 2 aromatic rings. The van der Waals surface area contributed by atoms with E-state index in [9.17, 15) is 4.79 Å². The minimum atomic E-state index is -0.126. The zero-order valence-electron chi connectivity index (χ0n) is 13.2. The van der Waals surface area contributed by atoms with Crippen LogP contribution in [0.15, 0.2) is 42.6 Å². The van der Waals surface area contributed by atoms with Crippen LogP contribution in [0.1, 0.15) is 47.9 Å². The van der Waals surface area contributed by atoms with Gasteiger partial charge in [0.05, 0.1) is 12.1 Å². The molecule has 2 N–H and O–H groups in total. The average Bonchev–Trinajstić information content (AvgIpc) is 3.06. The number of carbonyl (C=O) groups excluding carboxylic acids is 1. The Morgan fingerprint density at radius 3 is 2.83 bits per heavy atom. The number of carbonyl (C=O) groups is 1. The molecule has 6 heteroatoms. The topological polar surface area (TPSA) is 59.0 Å². The molecule has 1 aromatic heterocycles.